The van der Waals surface area contributed by atoms with Gasteiger partial charge >= 0.3 is 0 Å². The van der Waals surface area contributed by atoms with Crippen molar-refractivity contribution in [1.29, 1.82) is 0 Å². The molecule has 0 spiro atoms. The van der Waals surface area contributed by atoms with Crippen molar-refractivity contribution in [1.82, 2.24) is 15.3 Å². The summed E-state index contributed by atoms with van der Waals surface area (Å²) in [6, 6.07) is 13.8. The number of carbonyl (C=O) groups excluding carboxylic acids is 1. The van der Waals surface area contributed by atoms with Gasteiger partial charge in [0.25, 0.3) is 5.91 Å². The molecule has 1 aromatic carbocycles. The highest BCUT2D eigenvalue weighted by atomic mass is 32.1. The SMILES string of the molecule is Cc1nc(-c2ccco2)nc2sc(C(=O)NC[C@@H](C)c3ccccc3)c(C)c12. The second-order valence-electron chi connectivity index (χ2n) is 6.87. The van der Waals surface area contributed by atoms with Crippen molar-refractivity contribution >= 4 is 27.5 Å². The fourth-order valence-electron chi connectivity index (χ4n) is 3.30. The molecule has 4 aromatic rings. The number of nitrogens with one attached hydrogen (secondary N) is 1. The molecule has 0 saturated heterocycles. The maximum Gasteiger partial charge on any atom is 0.261 e. The number of amides is 1. The van der Waals surface area contributed by atoms with Crippen LogP contribution in [0.1, 0.15) is 39.3 Å². The van der Waals surface area contributed by atoms with Crippen LogP contribution in [0.3, 0.4) is 0 Å². The third-order valence-corrected chi connectivity index (χ3v) is 6.04. The first kappa shape index (κ1) is 18.4. The van der Waals surface area contributed by atoms with E-state index in [1.165, 1.54) is 16.9 Å². The molecule has 0 aliphatic heterocycles. The van der Waals surface area contributed by atoms with E-state index in [0.717, 1.165) is 21.5 Å². The molecule has 0 saturated carbocycles. The first-order valence-electron chi connectivity index (χ1n) is 9.19. The number of fused-ring (bicyclic) bond motifs is 1. The van der Waals surface area contributed by atoms with Crippen LogP contribution >= 0.6 is 11.3 Å². The van der Waals surface area contributed by atoms with E-state index in [2.05, 4.69) is 34.3 Å². The molecular formula is C22H21N3O2S. The lowest BCUT2D eigenvalue weighted by Gasteiger charge is -2.12. The maximum atomic E-state index is 12.8. The molecule has 1 atom stereocenters. The molecule has 0 radical (unpaired) electrons. The zero-order valence-electron chi connectivity index (χ0n) is 16.0. The Morgan fingerprint density at radius 1 is 1.14 bits per heavy atom. The number of rotatable bonds is 5. The number of hydrogen-bond acceptors (Lipinski definition) is 5. The second kappa shape index (κ2) is 7.56. The normalized spacial score (nSPS) is 12.2. The van der Waals surface area contributed by atoms with Crippen LogP contribution in [0.25, 0.3) is 21.8 Å². The van der Waals surface area contributed by atoms with E-state index >= 15 is 0 Å². The Morgan fingerprint density at radius 3 is 2.64 bits per heavy atom. The molecule has 28 heavy (non-hydrogen) atoms. The molecule has 1 amide bonds. The largest absolute Gasteiger partial charge is 0.461 e. The summed E-state index contributed by atoms with van der Waals surface area (Å²) >= 11 is 1.40. The summed E-state index contributed by atoms with van der Waals surface area (Å²) in [6.45, 7) is 6.59. The van der Waals surface area contributed by atoms with Crippen molar-refractivity contribution in [3.8, 4) is 11.6 Å². The van der Waals surface area contributed by atoms with Crippen molar-refractivity contribution in [2.45, 2.75) is 26.7 Å². The molecule has 142 valence electrons. The van der Waals surface area contributed by atoms with Crippen LogP contribution in [0.15, 0.2) is 53.1 Å². The first-order chi connectivity index (χ1) is 13.5. The highest BCUT2D eigenvalue weighted by molar-refractivity contribution is 7.20. The summed E-state index contributed by atoms with van der Waals surface area (Å²) in [5.74, 6) is 1.34. The summed E-state index contributed by atoms with van der Waals surface area (Å²) in [5.41, 5.74) is 2.98. The number of thiophene rings is 1. The number of carbonyl (C=O) groups is 1. The average Bonchev–Trinajstić information content (AvgIpc) is 3.35. The molecule has 5 nitrogen and oxygen atoms in total. The van der Waals surface area contributed by atoms with Crippen molar-refractivity contribution in [3.63, 3.8) is 0 Å². The van der Waals surface area contributed by atoms with Gasteiger partial charge in [-0.1, -0.05) is 37.3 Å². The third-order valence-electron chi connectivity index (χ3n) is 4.86. The maximum absolute atomic E-state index is 12.8. The zero-order chi connectivity index (χ0) is 19.7. The number of benzene rings is 1. The fraction of sp³-hybridized carbons (Fsp3) is 0.227. The van der Waals surface area contributed by atoms with Crippen molar-refractivity contribution < 1.29 is 9.21 Å². The van der Waals surface area contributed by atoms with Gasteiger partial charge in [0, 0.05) is 11.9 Å². The first-order valence-corrected chi connectivity index (χ1v) is 10.0. The molecule has 4 rings (SSSR count). The molecule has 3 heterocycles. The van der Waals surface area contributed by atoms with Gasteiger partial charge in [-0.05, 0) is 43.0 Å². The Morgan fingerprint density at radius 2 is 1.93 bits per heavy atom. The Bertz CT molecular complexity index is 1120. The summed E-state index contributed by atoms with van der Waals surface area (Å²) in [4.78, 5) is 23.5. The third kappa shape index (κ3) is 3.43. The van der Waals surface area contributed by atoms with Crippen LogP contribution in [0.2, 0.25) is 0 Å². The van der Waals surface area contributed by atoms with E-state index in [0.29, 0.717) is 23.0 Å². The molecule has 1 N–H and O–H groups in total. The lowest BCUT2D eigenvalue weighted by molar-refractivity contribution is 0.0955. The van der Waals surface area contributed by atoms with Gasteiger partial charge in [0.1, 0.15) is 4.83 Å². The van der Waals surface area contributed by atoms with Crippen LogP contribution in [0.5, 0.6) is 0 Å². The van der Waals surface area contributed by atoms with Crippen molar-refractivity contribution in [3.05, 3.63) is 70.4 Å². The fourth-order valence-corrected chi connectivity index (χ4v) is 4.45. The number of aryl methyl sites for hydroxylation is 2. The van der Waals surface area contributed by atoms with Crippen LogP contribution in [0.4, 0.5) is 0 Å². The van der Waals surface area contributed by atoms with E-state index in [1.54, 1.807) is 6.26 Å². The number of aromatic nitrogens is 2. The van der Waals surface area contributed by atoms with Crippen LogP contribution in [-0.2, 0) is 0 Å². The van der Waals surface area contributed by atoms with Gasteiger partial charge in [-0.25, -0.2) is 9.97 Å². The molecule has 6 heteroatoms. The average molecular weight is 391 g/mol. The standard InChI is InChI=1S/C22H21N3O2S/c1-13(16-8-5-4-6-9-16)12-23-21(26)19-14(2)18-15(3)24-20(25-22(18)28-19)17-10-7-11-27-17/h4-11,13H,12H2,1-3H3,(H,23,26)/t13-/m1/s1. The van der Waals surface area contributed by atoms with Gasteiger partial charge in [-0.15, -0.1) is 11.3 Å². The van der Waals surface area contributed by atoms with E-state index < -0.39 is 0 Å². The minimum absolute atomic E-state index is 0.0674. The highest BCUT2D eigenvalue weighted by Crippen LogP contribution is 2.33. The van der Waals surface area contributed by atoms with E-state index in [-0.39, 0.29) is 11.8 Å². The van der Waals surface area contributed by atoms with E-state index in [1.807, 2.05) is 44.2 Å². The minimum atomic E-state index is -0.0674. The van der Waals surface area contributed by atoms with Gasteiger partial charge in [0.05, 0.1) is 16.8 Å². The van der Waals surface area contributed by atoms with Crippen LogP contribution in [0, 0.1) is 13.8 Å². The van der Waals surface area contributed by atoms with Gasteiger partial charge in [-0.2, -0.15) is 0 Å². The topological polar surface area (TPSA) is 68.0 Å². The predicted molar refractivity (Wildman–Crippen MR) is 112 cm³/mol. The monoisotopic (exact) mass is 391 g/mol. The molecule has 0 fully saturated rings. The Kier molecular flexibility index (Phi) is 4.96. The molecule has 0 aliphatic carbocycles. The molecule has 0 unspecified atom stereocenters. The van der Waals surface area contributed by atoms with Gasteiger partial charge in [-0.3, -0.25) is 4.79 Å². The van der Waals surface area contributed by atoms with Gasteiger partial charge in [0.2, 0.25) is 0 Å². The van der Waals surface area contributed by atoms with Crippen LogP contribution in [-0.4, -0.2) is 22.4 Å². The quantitative estimate of drug-likeness (QED) is 0.514. The predicted octanol–water partition coefficient (Wildman–Crippen LogP) is 5.10. The second-order valence-corrected chi connectivity index (χ2v) is 7.87. The lowest BCUT2D eigenvalue weighted by Crippen LogP contribution is -2.27. The van der Waals surface area contributed by atoms with Gasteiger partial charge < -0.3 is 9.73 Å². The van der Waals surface area contributed by atoms with E-state index in [4.69, 9.17) is 4.42 Å². The van der Waals surface area contributed by atoms with Crippen LogP contribution < -0.4 is 5.32 Å². The lowest BCUT2D eigenvalue weighted by atomic mass is 10.0. The van der Waals surface area contributed by atoms with Gasteiger partial charge in [0.15, 0.2) is 11.6 Å². The Labute approximate surface area is 167 Å². The summed E-state index contributed by atoms with van der Waals surface area (Å²) in [7, 11) is 0. The molecule has 0 bridgehead atoms. The summed E-state index contributed by atoms with van der Waals surface area (Å²) in [6.07, 6.45) is 1.60. The number of nitrogens with zero attached hydrogens (tertiary/aromatic N) is 2. The summed E-state index contributed by atoms with van der Waals surface area (Å²) < 4.78 is 5.42. The Balaban J connectivity index is 1.59. The minimum Gasteiger partial charge on any atom is -0.461 e. The number of hydrogen-bond donors (Lipinski definition) is 1. The Hall–Kier alpha value is -2.99. The van der Waals surface area contributed by atoms with E-state index in [9.17, 15) is 4.79 Å². The smallest absolute Gasteiger partial charge is 0.261 e. The molecule has 3 aromatic heterocycles. The summed E-state index contributed by atoms with van der Waals surface area (Å²) in [5, 5.41) is 4.01. The number of furan rings is 1. The van der Waals surface area contributed by atoms with Crippen molar-refractivity contribution in [2.75, 3.05) is 6.54 Å². The van der Waals surface area contributed by atoms with Crippen molar-refractivity contribution in [2.24, 2.45) is 0 Å². The molecule has 0 aliphatic rings. The zero-order valence-corrected chi connectivity index (χ0v) is 16.8. The molecular weight excluding hydrogens is 370 g/mol. The highest BCUT2D eigenvalue weighted by Gasteiger charge is 2.20.